The number of carbonyl (C=O) groups excluding carboxylic acids is 1. The van der Waals surface area contributed by atoms with Crippen LogP contribution in [0.15, 0.2) is 0 Å². The van der Waals surface area contributed by atoms with Gasteiger partial charge in [-0.25, -0.2) is 0 Å². The number of esters is 1. The summed E-state index contributed by atoms with van der Waals surface area (Å²) in [5.41, 5.74) is 0. The summed E-state index contributed by atoms with van der Waals surface area (Å²) in [6.07, 6.45) is 6.25. The van der Waals surface area contributed by atoms with Gasteiger partial charge < -0.3 is 9.84 Å². The number of β-amino-alcohol motifs (C(OH)–C–C–N with tert-alkyl or cyclic N) is 1. The predicted molar refractivity (Wildman–Crippen MR) is 73.8 cm³/mol. The number of nitrogens with zero attached hydrogens (tertiary/aromatic N) is 1. The zero-order chi connectivity index (χ0) is 13.8. The minimum atomic E-state index is -0.376. The number of hydrogen-bond acceptors (Lipinski definition) is 4. The molecule has 0 aromatic rings. The van der Waals surface area contributed by atoms with Crippen molar-refractivity contribution in [1.29, 1.82) is 0 Å². The topological polar surface area (TPSA) is 49.8 Å². The minimum absolute atomic E-state index is 0.143. The maximum Gasteiger partial charge on any atom is 0.323 e. The molecule has 110 valence electrons. The molecule has 0 bridgehead atoms. The van der Waals surface area contributed by atoms with Gasteiger partial charge in [0.15, 0.2) is 0 Å². The van der Waals surface area contributed by atoms with E-state index in [1.165, 1.54) is 19.3 Å². The van der Waals surface area contributed by atoms with E-state index in [1.54, 1.807) is 0 Å². The average molecular weight is 269 g/mol. The van der Waals surface area contributed by atoms with Gasteiger partial charge in [0.25, 0.3) is 0 Å². The summed E-state index contributed by atoms with van der Waals surface area (Å²) in [4.78, 5) is 14.4. The molecule has 0 radical (unpaired) electrons. The van der Waals surface area contributed by atoms with Crippen molar-refractivity contribution in [3.63, 3.8) is 0 Å². The Bertz CT molecular complexity index is 300. The van der Waals surface area contributed by atoms with Gasteiger partial charge in [0.2, 0.25) is 0 Å². The lowest BCUT2D eigenvalue weighted by molar-refractivity contribution is -0.151. The largest absolute Gasteiger partial charge is 0.464 e. The molecule has 0 aromatic heterocycles. The first-order valence-electron chi connectivity index (χ1n) is 7.68. The molecule has 1 N–H and O–H groups in total. The molecule has 0 amide bonds. The van der Waals surface area contributed by atoms with Crippen LogP contribution in [0.3, 0.4) is 0 Å². The second kappa shape index (κ2) is 6.71. The highest BCUT2D eigenvalue weighted by atomic mass is 16.5. The van der Waals surface area contributed by atoms with Crippen LogP contribution in [0, 0.1) is 5.92 Å². The molecule has 19 heavy (non-hydrogen) atoms. The second-order valence-electron chi connectivity index (χ2n) is 6.42. The van der Waals surface area contributed by atoms with Gasteiger partial charge >= 0.3 is 5.97 Å². The van der Waals surface area contributed by atoms with E-state index in [4.69, 9.17) is 4.74 Å². The molecule has 4 heteroatoms. The fourth-order valence-electron chi connectivity index (χ4n) is 3.23. The van der Waals surface area contributed by atoms with Crippen molar-refractivity contribution in [3.8, 4) is 0 Å². The van der Waals surface area contributed by atoms with Gasteiger partial charge in [0.1, 0.15) is 6.04 Å². The van der Waals surface area contributed by atoms with Crippen LogP contribution in [0.25, 0.3) is 0 Å². The smallest absolute Gasteiger partial charge is 0.323 e. The molecule has 1 unspecified atom stereocenters. The lowest BCUT2D eigenvalue weighted by Crippen LogP contribution is -2.45. The molecule has 4 nitrogen and oxygen atoms in total. The molecule has 1 aliphatic heterocycles. The fraction of sp³-hybridized carbons (Fsp3) is 0.933. The normalized spacial score (nSPS) is 29.9. The molecule has 2 atom stereocenters. The summed E-state index contributed by atoms with van der Waals surface area (Å²) in [5, 5.41) is 9.88. The Morgan fingerprint density at radius 2 is 2.00 bits per heavy atom. The van der Waals surface area contributed by atoms with Crippen molar-refractivity contribution in [2.24, 2.45) is 5.92 Å². The van der Waals surface area contributed by atoms with Crippen LogP contribution in [0.5, 0.6) is 0 Å². The molecule has 2 aliphatic rings. The SMILES string of the molecule is CC(C)COC(=O)[C@@H]1CC(O)CN1C1CCCCC1. The molecule has 1 heterocycles. The van der Waals surface area contributed by atoms with E-state index in [0.29, 0.717) is 31.5 Å². The van der Waals surface area contributed by atoms with Crippen molar-refractivity contribution >= 4 is 5.97 Å². The van der Waals surface area contributed by atoms with E-state index in [1.807, 2.05) is 13.8 Å². The lowest BCUT2D eigenvalue weighted by atomic mass is 9.94. The van der Waals surface area contributed by atoms with Gasteiger partial charge in [-0.2, -0.15) is 0 Å². The third-order valence-corrected chi connectivity index (χ3v) is 4.19. The van der Waals surface area contributed by atoms with Gasteiger partial charge in [0, 0.05) is 19.0 Å². The molecule has 0 spiro atoms. The summed E-state index contributed by atoms with van der Waals surface area (Å²) in [6, 6.07) is 0.236. The number of aliphatic hydroxyl groups is 1. The number of rotatable bonds is 4. The standard InChI is InChI=1S/C15H27NO3/c1-11(2)10-19-15(18)14-8-13(17)9-16(14)12-6-4-3-5-7-12/h11-14,17H,3-10H2,1-2H3/t13?,14-/m0/s1. The van der Waals surface area contributed by atoms with E-state index in [9.17, 15) is 9.90 Å². The molecule has 1 saturated carbocycles. The minimum Gasteiger partial charge on any atom is -0.464 e. The summed E-state index contributed by atoms with van der Waals surface area (Å²) in [7, 11) is 0. The van der Waals surface area contributed by atoms with Crippen molar-refractivity contribution < 1.29 is 14.6 Å². The van der Waals surface area contributed by atoms with Crippen LogP contribution in [-0.4, -0.2) is 47.3 Å². The fourth-order valence-corrected chi connectivity index (χ4v) is 3.23. The highest BCUT2D eigenvalue weighted by Gasteiger charge is 2.40. The molecular formula is C15H27NO3. The summed E-state index contributed by atoms with van der Waals surface area (Å²) in [5.74, 6) is 0.217. The van der Waals surface area contributed by atoms with E-state index in [2.05, 4.69) is 4.90 Å². The number of likely N-dealkylation sites (tertiary alicyclic amines) is 1. The maximum atomic E-state index is 12.2. The van der Waals surface area contributed by atoms with Crippen LogP contribution >= 0.6 is 0 Å². The molecule has 1 saturated heterocycles. The highest BCUT2D eigenvalue weighted by Crippen LogP contribution is 2.29. The van der Waals surface area contributed by atoms with Crippen LogP contribution < -0.4 is 0 Å². The number of carbonyl (C=O) groups is 1. The van der Waals surface area contributed by atoms with Gasteiger partial charge in [-0.15, -0.1) is 0 Å². The average Bonchev–Trinajstić information content (AvgIpc) is 2.79. The summed E-state index contributed by atoms with van der Waals surface area (Å²) in [6.45, 7) is 5.18. The van der Waals surface area contributed by atoms with Gasteiger partial charge in [-0.3, -0.25) is 9.69 Å². The first-order chi connectivity index (χ1) is 9.08. The predicted octanol–water partition coefficient (Wildman–Crippen LogP) is 1.95. The zero-order valence-corrected chi connectivity index (χ0v) is 12.2. The lowest BCUT2D eigenvalue weighted by Gasteiger charge is -2.34. The summed E-state index contributed by atoms with van der Waals surface area (Å²) >= 11 is 0. The van der Waals surface area contributed by atoms with Crippen molar-refractivity contribution in [1.82, 2.24) is 4.90 Å². The van der Waals surface area contributed by atoms with E-state index in [0.717, 1.165) is 12.8 Å². The Labute approximate surface area is 116 Å². The van der Waals surface area contributed by atoms with Crippen molar-refractivity contribution in [3.05, 3.63) is 0 Å². The third kappa shape index (κ3) is 3.93. The van der Waals surface area contributed by atoms with Crippen LogP contribution in [0.1, 0.15) is 52.4 Å². The van der Waals surface area contributed by atoms with Crippen molar-refractivity contribution in [2.75, 3.05) is 13.2 Å². The van der Waals surface area contributed by atoms with Gasteiger partial charge in [-0.05, 0) is 18.8 Å². The Morgan fingerprint density at radius 3 is 2.63 bits per heavy atom. The van der Waals surface area contributed by atoms with Crippen molar-refractivity contribution in [2.45, 2.75) is 70.6 Å². The van der Waals surface area contributed by atoms with Gasteiger partial charge in [0.05, 0.1) is 12.7 Å². The van der Waals surface area contributed by atoms with Crippen LogP contribution in [-0.2, 0) is 9.53 Å². The zero-order valence-electron chi connectivity index (χ0n) is 12.2. The molecule has 1 aliphatic carbocycles. The number of hydrogen-bond donors (Lipinski definition) is 1. The Kier molecular flexibility index (Phi) is 5.22. The summed E-state index contributed by atoms with van der Waals surface area (Å²) < 4.78 is 5.37. The molecule has 2 fully saturated rings. The third-order valence-electron chi connectivity index (χ3n) is 4.19. The number of ether oxygens (including phenoxy) is 1. The van der Waals surface area contributed by atoms with Gasteiger partial charge in [-0.1, -0.05) is 33.1 Å². The molecule has 0 aromatic carbocycles. The number of aliphatic hydroxyl groups excluding tert-OH is 1. The van der Waals surface area contributed by atoms with E-state index >= 15 is 0 Å². The van der Waals surface area contributed by atoms with E-state index < -0.39 is 0 Å². The molecular weight excluding hydrogens is 242 g/mol. The van der Waals surface area contributed by atoms with Crippen LogP contribution in [0.4, 0.5) is 0 Å². The Hall–Kier alpha value is -0.610. The van der Waals surface area contributed by atoms with E-state index in [-0.39, 0.29) is 18.1 Å². The monoisotopic (exact) mass is 269 g/mol. The first kappa shape index (κ1) is 14.8. The highest BCUT2D eigenvalue weighted by molar-refractivity contribution is 5.76. The maximum absolute atomic E-state index is 12.2. The first-order valence-corrected chi connectivity index (χ1v) is 7.68. The second-order valence-corrected chi connectivity index (χ2v) is 6.42. The Balaban J connectivity index is 1.94. The quantitative estimate of drug-likeness (QED) is 0.793. The van der Waals surface area contributed by atoms with Crippen LogP contribution in [0.2, 0.25) is 0 Å². The molecule has 2 rings (SSSR count). The Morgan fingerprint density at radius 1 is 1.32 bits per heavy atom.